The van der Waals surface area contributed by atoms with Crippen LogP contribution in [-0.4, -0.2) is 18.4 Å². The van der Waals surface area contributed by atoms with Gasteiger partial charge in [-0.1, -0.05) is 19.1 Å². The topological polar surface area (TPSA) is 58.2 Å². The third-order valence-corrected chi connectivity index (χ3v) is 3.52. The van der Waals surface area contributed by atoms with Crippen LogP contribution in [0.1, 0.15) is 31.7 Å². The zero-order valence-corrected chi connectivity index (χ0v) is 11.5. The van der Waals surface area contributed by atoms with E-state index >= 15 is 0 Å². The smallest absolute Gasteiger partial charge is 0.235 e. The van der Waals surface area contributed by atoms with Gasteiger partial charge < -0.3 is 10.6 Å². The molecule has 108 valence electrons. The van der Waals surface area contributed by atoms with Gasteiger partial charge in [0.1, 0.15) is 11.2 Å². The summed E-state index contributed by atoms with van der Waals surface area (Å²) in [4.78, 5) is 24.1. The first-order valence-corrected chi connectivity index (χ1v) is 6.89. The zero-order chi connectivity index (χ0) is 14.6. The van der Waals surface area contributed by atoms with E-state index in [1.807, 2.05) is 6.92 Å². The van der Waals surface area contributed by atoms with Gasteiger partial charge in [-0.05, 0) is 37.0 Å². The summed E-state index contributed by atoms with van der Waals surface area (Å²) in [6.45, 7) is 2.86. The second-order valence-corrected chi connectivity index (χ2v) is 5.15. The molecule has 0 saturated heterocycles. The molecule has 0 heterocycles. The van der Waals surface area contributed by atoms with Gasteiger partial charge in [-0.2, -0.15) is 0 Å². The number of rotatable bonds is 6. The molecule has 1 fully saturated rings. The third-order valence-electron chi connectivity index (χ3n) is 3.52. The normalized spacial score (nSPS) is 15.5. The maximum Gasteiger partial charge on any atom is 0.235 e. The number of nitrogens with one attached hydrogen (secondary N) is 2. The Morgan fingerprint density at radius 1 is 1.15 bits per heavy atom. The molecule has 1 aromatic rings. The molecular formula is C15H19FN2O2. The van der Waals surface area contributed by atoms with Crippen molar-refractivity contribution in [2.24, 2.45) is 5.41 Å². The van der Waals surface area contributed by atoms with Crippen LogP contribution in [0.3, 0.4) is 0 Å². The minimum Gasteiger partial charge on any atom is -0.355 e. The standard InChI is InChI=1S/C15H19FN2O2/c1-2-9-17-13(19)15(7-8-15)14(20)18-10-11-3-5-12(16)6-4-11/h3-6H,2,7-10H2,1H3,(H,17,19)(H,18,20). The van der Waals surface area contributed by atoms with Crippen LogP contribution < -0.4 is 10.6 Å². The highest BCUT2D eigenvalue weighted by Crippen LogP contribution is 2.46. The van der Waals surface area contributed by atoms with Crippen molar-refractivity contribution in [1.82, 2.24) is 10.6 Å². The molecule has 0 radical (unpaired) electrons. The zero-order valence-electron chi connectivity index (χ0n) is 11.5. The fourth-order valence-electron chi connectivity index (χ4n) is 2.04. The van der Waals surface area contributed by atoms with Crippen molar-refractivity contribution in [2.75, 3.05) is 6.54 Å². The predicted octanol–water partition coefficient (Wildman–Crippen LogP) is 1.75. The van der Waals surface area contributed by atoms with Crippen molar-refractivity contribution >= 4 is 11.8 Å². The van der Waals surface area contributed by atoms with Crippen LogP contribution in [0.5, 0.6) is 0 Å². The summed E-state index contributed by atoms with van der Waals surface area (Å²) >= 11 is 0. The lowest BCUT2D eigenvalue weighted by atomic mass is 10.0. The summed E-state index contributed by atoms with van der Waals surface area (Å²) in [6.07, 6.45) is 2.04. The lowest BCUT2D eigenvalue weighted by Crippen LogP contribution is -2.43. The molecule has 0 atom stereocenters. The molecule has 2 N–H and O–H groups in total. The summed E-state index contributed by atoms with van der Waals surface area (Å²) < 4.78 is 12.8. The van der Waals surface area contributed by atoms with Crippen LogP contribution in [0, 0.1) is 11.2 Å². The lowest BCUT2D eigenvalue weighted by molar-refractivity contribution is -0.137. The van der Waals surface area contributed by atoms with Gasteiger partial charge >= 0.3 is 0 Å². The van der Waals surface area contributed by atoms with Crippen molar-refractivity contribution < 1.29 is 14.0 Å². The molecule has 0 unspecified atom stereocenters. The number of amides is 2. The summed E-state index contributed by atoms with van der Waals surface area (Å²) in [5.74, 6) is -0.732. The molecule has 5 heteroatoms. The highest BCUT2D eigenvalue weighted by atomic mass is 19.1. The van der Waals surface area contributed by atoms with E-state index in [1.165, 1.54) is 12.1 Å². The van der Waals surface area contributed by atoms with Crippen LogP contribution in [0.15, 0.2) is 24.3 Å². The van der Waals surface area contributed by atoms with Crippen molar-refractivity contribution in [1.29, 1.82) is 0 Å². The largest absolute Gasteiger partial charge is 0.355 e. The van der Waals surface area contributed by atoms with E-state index in [4.69, 9.17) is 0 Å². The van der Waals surface area contributed by atoms with E-state index in [1.54, 1.807) is 12.1 Å². The molecule has 2 rings (SSSR count). The molecule has 4 nitrogen and oxygen atoms in total. The molecule has 0 bridgehead atoms. The number of carbonyl (C=O) groups excluding carboxylic acids is 2. The maximum absolute atomic E-state index is 12.8. The van der Waals surface area contributed by atoms with Gasteiger partial charge in [0.2, 0.25) is 11.8 Å². The monoisotopic (exact) mass is 278 g/mol. The van der Waals surface area contributed by atoms with Crippen LogP contribution >= 0.6 is 0 Å². The Morgan fingerprint density at radius 3 is 2.30 bits per heavy atom. The van der Waals surface area contributed by atoms with Crippen molar-refractivity contribution in [3.05, 3.63) is 35.6 Å². The molecule has 20 heavy (non-hydrogen) atoms. The lowest BCUT2D eigenvalue weighted by Gasteiger charge is -2.15. The molecule has 0 aliphatic heterocycles. The number of carbonyl (C=O) groups is 2. The Kier molecular flexibility index (Phi) is 4.37. The molecule has 1 aliphatic rings. The first kappa shape index (κ1) is 14.5. The van der Waals surface area contributed by atoms with Crippen molar-refractivity contribution in [3.63, 3.8) is 0 Å². The molecule has 0 spiro atoms. The van der Waals surface area contributed by atoms with E-state index < -0.39 is 5.41 Å². The van der Waals surface area contributed by atoms with Gasteiger partial charge in [0.25, 0.3) is 0 Å². The minimum atomic E-state index is -0.880. The Hall–Kier alpha value is -1.91. The van der Waals surface area contributed by atoms with Crippen LogP contribution in [-0.2, 0) is 16.1 Å². The maximum atomic E-state index is 12.8. The number of benzene rings is 1. The third kappa shape index (κ3) is 3.15. The van der Waals surface area contributed by atoms with Gasteiger partial charge in [0.05, 0.1) is 0 Å². The Bertz CT molecular complexity index is 495. The van der Waals surface area contributed by atoms with Crippen molar-refractivity contribution in [3.8, 4) is 0 Å². The van der Waals surface area contributed by atoms with Crippen LogP contribution in [0.2, 0.25) is 0 Å². The van der Waals surface area contributed by atoms with Gasteiger partial charge in [-0.15, -0.1) is 0 Å². The van der Waals surface area contributed by atoms with Gasteiger partial charge in [-0.25, -0.2) is 4.39 Å². The van der Waals surface area contributed by atoms with Gasteiger partial charge in [0.15, 0.2) is 0 Å². The van der Waals surface area contributed by atoms with E-state index in [9.17, 15) is 14.0 Å². The molecule has 0 aromatic heterocycles. The highest BCUT2D eigenvalue weighted by molar-refractivity contribution is 6.07. The number of hydrogen-bond donors (Lipinski definition) is 2. The Morgan fingerprint density at radius 2 is 1.75 bits per heavy atom. The predicted molar refractivity (Wildman–Crippen MR) is 73.2 cm³/mol. The average molecular weight is 278 g/mol. The molecule has 1 saturated carbocycles. The highest BCUT2D eigenvalue weighted by Gasteiger charge is 2.56. The van der Waals surface area contributed by atoms with E-state index in [0.29, 0.717) is 25.9 Å². The van der Waals surface area contributed by atoms with Gasteiger partial charge in [-0.3, -0.25) is 9.59 Å². The minimum absolute atomic E-state index is 0.184. The summed E-state index contributed by atoms with van der Waals surface area (Å²) in [6, 6.07) is 5.93. The summed E-state index contributed by atoms with van der Waals surface area (Å²) in [5.41, 5.74) is -0.0700. The molecule has 1 aliphatic carbocycles. The Labute approximate surface area is 117 Å². The first-order valence-electron chi connectivity index (χ1n) is 6.89. The Balaban J connectivity index is 1.88. The SMILES string of the molecule is CCCNC(=O)C1(C(=O)NCc2ccc(F)cc2)CC1. The number of halogens is 1. The van der Waals surface area contributed by atoms with E-state index in [-0.39, 0.29) is 17.6 Å². The van der Waals surface area contributed by atoms with Crippen LogP contribution in [0.25, 0.3) is 0 Å². The molecular weight excluding hydrogens is 259 g/mol. The molecule has 1 aromatic carbocycles. The summed E-state index contributed by atoms with van der Waals surface area (Å²) in [5, 5.41) is 5.53. The van der Waals surface area contributed by atoms with Crippen LogP contribution in [0.4, 0.5) is 4.39 Å². The fourth-order valence-corrected chi connectivity index (χ4v) is 2.04. The van der Waals surface area contributed by atoms with E-state index in [0.717, 1.165) is 12.0 Å². The van der Waals surface area contributed by atoms with Crippen molar-refractivity contribution in [2.45, 2.75) is 32.7 Å². The summed E-state index contributed by atoms with van der Waals surface area (Å²) in [7, 11) is 0. The first-order chi connectivity index (χ1) is 9.58. The van der Waals surface area contributed by atoms with Gasteiger partial charge in [0, 0.05) is 13.1 Å². The fraction of sp³-hybridized carbons (Fsp3) is 0.467. The second-order valence-electron chi connectivity index (χ2n) is 5.15. The number of hydrogen-bond acceptors (Lipinski definition) is 2. The van der Waals surface area contributed by atoms with E-state index in [2.05, 4.69) is 10.6 Å². The quantitative estimate of drug-likeness (QED) is 0.779. The molecule has 2 amide bonds. The second kappa shape index (κ2) is 6.03. The average Bonchev–Trinajstić information content (AvgIpc) is 3.25.